The lowest BCUT2D eigenvalue weighted by Crippen LogP contribution is -2.15. The van der Waals surface area contributed by atoms with Gasteiger partial charge in [0.2, 0.25) is 0 Å². The third-order valence-electron chi connectivity index (χ3n) is 3.59. The second kappa shape index (κ2) is 8.26. The summed E-state index contributed by atoms with van der Waals surface area (Å²) in [7, 11) is 1.25. The highest BCUT2D eigenvalue weighted by molar-refractivity contribution is 7.14. The third-order valence-corrected chi connectivity index (χ3v) is 4.35. The van der Waals surface area contributed by atoms with Crippen LogP contribution in [-0.2, 0) is 0 Å². The molecular formula is C18H12F4N2O3S. The molecule has 3 rings (SSSR count). The van der Waals surface area contributed by atoms with Gasteiger partial charge >= 0.3 is 6.61 Å². The number of nitrogens with one attached hydrogen (secondary N) is 1. The fourth-order valence-corrected chi connectivity index (χ4v) is 3.06. The molecule has 1 N–H and O–H groups in total. The van der Waals surface area contributed by atoms with E-state index in [-0.39, 0.29) is 16.4 Å². The van der Waals surface area contributed by atoms with Crippen molar-refractivity contribution in [2.75, 3.05) is 12.4 Å². The minimum absolute atomic E-state index is 0.0328. The Bertz CT molecular complexity index is 1010. The SMILES string of the molecule is COc1cccc(C(=O)Nc2nc(-c3ccc(F)c(F)c3)cs2)c1OC(F)F. The van der Waals surface area contributed by atoms with Gasteiger partial charge in [-0.3, -0.25) is 10.1 Å². The Balaban J connectivity index is 1.84. The van der Waals surface area contributed by atoms with Crippen LogP contribution in [0.15, 0.2) is 41.8 Å². The second-order valence-corrected chi connectivity index (χ2v) is 6.19. The third kappa shape index (κ3) is 4.22. The Hall–Kier alpha value is -3.14. The molecule has 0 saturated carbocycles. The van der Waals surface area contributed by atoms with Crippen LogP contribution in [0, 0.1) is 11.6 Å². The van der Waals surface area contributed by atoms with Crippen molar-refractivity contribution in [2.45, 2.75) is 6.61 Å². The van der Waals surface area contributed by atoms with Gasteiger partial charge in [-0.15, -0.1) is 11.3 Å². The number of carbonyl (C=O) groups excluding carboxylic acids is 1. The number of rotatable bonds is 6. The molecule has 0 aliphatic rings. The van der Waals surface area contributed by atoms with E-state index in [0.717, 1.165) is 23.5 Å². The summed E-state index contributed by atoms with van der Waals surface area (Å²) in [6.45, 7) is -3.15. The molecule has 0 unspecified atom stereocenters. The molecule has 0 fully saturated rings. The monoisotopic (exact) mass is 412 g/mol. The summed E-state index contributed by atoms with van der Waals surface area (Å²) in [4.78, 5) is 16.6. The molecule has 0 saturated heterocycles. The van der Waals surface area contributed by atoms with Crippen LogP contribution in [0.4, 0.5) is 22.7 Å². The Kier molecular flexibility index (Phi) is 5.78. The van der Waals surface area contributed by atoms with E-state index in [2.05, 4.69) is 15.0 Å². The normalized spacial score (nSPS) is 10.8. The summed E-state index contributed by atoms with van der Waals surface area (Å²) in [6.07, 6.45) is 0. The van der Waals surface area contributed by atoms with Crippen molar-refractivity contribution in [3.8, 4) is 22.8 Å². The number of halogens is 4. The number of aromatic nitrogens is 1. The van der Waals surface area contributed by atoms with E-state index in [9.17, 15) is 22.4 Å². The predicted octanol–water partition coefficient (Wildman–Crippen LogP) is 4.95. The fourth-order valence-electron chi connectivity index (χ4n) is 2.35. The number of alkyl halides is 2. The van der Waals surface area contributed by atoms with Crippen LogP contribution in [0.25, 0.3) is 11.3 Å². The van der Waals surface area contributed by atoms with Gasteiger partial charge < -0.3 is 9.47 Å². The summed E-state index contributed by atoms with van der Waals surface area (Å²) < 4.78 is 61.1. The number of hydrogen-bond donors (Lipinski definition) is 1. The number of ether oxygens (including phenoxy) is 2. The van der Waals surface area contributed by atoms with E-state index in [1.807, 2.05) is 0 Å². The molecule has 3 aromatic rings. The van der Waals surface area contributed by atoms with Gasteiger partial charge in [0.1, 0.15) is 0 Å². The van der Waals surface area contributed by atoms with Crippen molar-refractivity contribution in [3.63, 3.8) is 0 Å². The first kappa shape index (κ1) is 19.6. The molecule has 0 radical (unpaired) electrons. The molecule has 10 heteroatoms. The summed E-state index contributed by atoms with van der Waals surface area (Å²) in [5, 5.41) is 4.13. The molecule has 1 amide bonds. The molecule has 2 aromatic carbocycles. The molecule has 28 heavy (non-hydrogen) atoms. The number of thiazole rings is 1. The highest BCUT2D eigenvalue weighted by atomic mass is 32.1. The molecular weight excluding hydrogens is 400 g/mol. The molecule has 0 aliphatic carbocycles. The van der Waals surface area contributed by atoms with Gasteiger partial charge in [0.15, 0.2) is 28.3 Å². The molecule has 0 bridgehead atoms. The highest BCUT2D eigenvalue weighted by Gasteiger charge is 2.21. The van der Waals surface area contributed by atoms with E-state index in [4.69, 9.17) is 4.74 Å². The van der Waals surface area contributed by atoms with E-state index < -0.39 is 29.9 Å². The smallest absolute Gasteiger partial charge is 0.387 e. The van der Waals surface area contributed by atoms with Crippen molar-refractivity contribution >= 4 is 22.4 Å². The lowest BCUT2D eigenvalue weighted by atomic mass is 10.1. The van der Waals surface area contributed by atoms with Crippen LogP contribution < -0.4 is 14.8 Å². The number of hydrogen-bond acceptors (Lipinski definition) is 5. The number of benzene rings is 2. The molecule has 5 nitrogen and oxygen atoms in total. The summed E-state index contributed by atoms with van der Waals surface area (Å²) in [5.74, 6) is -3.21. The number of methoxy groups -OCH3 is 1. The number of anilines is 1. The van der Waals surface area contributed by atoms with Gasteiger partial charge in [-0.05, 0) is 30.3 Å². The van der Waals surface area contributed by atoms with Gasteiger partial charge in [-0.25, -0.2) is 13.8 Å². The van der Waals surface area contributed by atoms with Gasteiger partial charge in [-0.1, -0.05) is 6.07 Å². The number of nitrogens with zero attached hydrogens (tertiary/aromatic N) is 1. The minimum atomic E-state index is -3.15. The predicted molar refractivity (Wildman–Crippen MR) is 95.0 cm³/mol. The van der Waals surface area contributed by atoms with Gasteiger partial charge in [0.05, 0.1) is 18.4 Å². The Morgan fingerprint density at radius 2 is 1.96 bits per heavy atom. The van der Waals surface area contributed by atoms with Crippen LogP contribution in [0.2, 0.25) is 0 Å². The Morgan fingerprint density at radius 1 is 1.18 bits per heavy atom. The van der Waals surface area contributed by atoms with E-state index in [0.29, 0.717) is 11.3 Å². The maximum absolute atomic E-state index is 13.4. The van der Waals surface area contributed by atoms with Crippen LogP contribution >= 0.6 is 11.3 Å². The summed E-state index contributed by atoms with van der Waals surface area (Å²) >= 11 is 1.03. The number of amides is 1. The average molecular weight is 412 g/mol. The topological polar surface area (TPSA) is 60.5 Å². The quantitative estimate of drug-likeness (QED) is 0.582. The lowest BCUT2D eigenvalue weighted by molar-refractivity contribution is -0.0515. The van der Waals surface area contributed by atoms with Gasteiger partial charge in [0, 0.05) is 10.9 Å². The molecule has 146 valence electrons. The fraction of sp³-hybridized carbons (Fsp3) is 0.111. The van der Waals surface area contributed by atoms with E-state index in [1.165, 1.54) is 36.8 Å². The van der Waals surface area contributed by atoms with E-state index in [1.54, 1.807) is 0 Å². The first-order valence-corrected chi connectivity index (χ1v) is 8.61. The average Bonchev–Trinajstić information content (AvgIpc) is 3.12. The van der Waals surface area contributed by atoms with Crippen molar-refractivity contribution in [1.82, 2.24) is 4.98 Å². The van der Waals surface area contributed by atoms with Crippen LogP contribution in [0.5, 0.6) is 11.5 Å². The first-order chi connectivity index (χ1) is 13.4. The standard InChI is InChI=1S/C18H12F4N2O3S/c1-26-14-4-2-3-10(15(14)27-17(21)22)16(25)24-18-23-13(8-28-18)9-5-6-11(19)12(20)7-9/h2-8,17H,1H3,(H,23,24,25). The molecule has 0 spiro atoms. The van der Waals surface area contributed by atoms with Crippen molar-refractivity contribution < 1.29 is 31.8 Å². The maximum atomic E-state index is 13.4. The second-order valence-electron chi connectivity index (χ2n) is 5.34. The number of para-hydroxylation sites is 1. The van der Waals surface area contributed by atoms with Crippen LogP contribution in [0.3, 0.4) is 0 Å². The Morgan fingerprint density at radius 3 is 2.64 bits per heavy atom. The maximum Gasteiger partial charge on any atom is 0.387 e. The van der Waals surface area contributed by atoms with Crippen LogP contribution in [-0.4, -0.2) is 24.6 Å². The minimum Gasteiger partial charge on any atom is -0.493 e. The highest BCUT2D eigenvalue weighted by Crippen LogP contribution is 2.33. The van der Waals surface area contributed by atoms with Crippen molar-refractivity contribution in [1.29, 1.82) is 0 Å². The van der Waals surface area contributed by atoms with Crippen molar-refractivity contribution in [3.05, 3.63) is 59.0 Å². The van der Waals surface area contributed by atoms with Gasteiger partial charge in [0.25, 0.3) is 5.91 Å². The summed E-state index contributed by atoms with van der Waals surface area (Å²) in [6, 6.07) is 7.40. The molecule has 1 aromatic heterocycles. The zero-order valence-electron chi connectivity index (χ0n) is 14.2. The number of carbonyl (C=O) groups is 1. The summed E-state index contributed by atoms with van der Waals surface area (Å²) in [5.41, 5.74) is 0.455. The largest absolute Gasteiger partial charge is 0.493 e. The first-order valence-electron chi connectivity index (χ1n) is 7.73. The van der Waals surface area contributed by atoms with Crippen molar-refractivity contribution in [2.24, 2.45) is 0 Å². The zero-order chi connectivity index (χ0) is 20.3. The molecule has 0 aliphatic heterocycles. The van der Waals surface area contributed by atoms with Crippen LogP contribution in [0.1, 0.15) is 10.4 Å². The molecule has 1 heterocycles. The Labute approximate surface area is 160 Å². The van der Waals surface area contributed by atoms with E-state index >= 15 is 0 Å². The van der Waals surface area contributed by atoms with Gasteiger partial charge in [-0.2, -0.15) is 8.78 Å². The lowest BCUT2D eigenvalue weighted by Gasteiger charge is -2.13. The zero-order valence-corrected chi connectivity index (χ0v) is 15.0. The molecule has 0 atom stereocenters.